The number of halogens is 1. The van der Waals surface area contributed by atoms with Crippen LogP contribution in [-0.4, -0.2) is 30.3 Å². The molecule has 1 aromatic carbocycles. The maximum Gasteiger partial charge on any atom is 0.134 e. The van der Waals surface area contributed by atoms with Gasteiger partial charge >= 0.3 is 0 Å². The van der Waals surface area contributed by atoms with Gasteiger partial charge in [-0.3, -0.25) is 4.98 Å². The summed E-state index contributed by atoms with van der Waals surface area (Å²) in [5, 5.41) is 9.59. The first-order chi connectivity index (χ1) is 11.9. The zero-order valence-corrected chi connectivity index (χ0v) is 15.0. The van der Waals surface area contributed by atoms with E-state index in [-0.39, 0.29) is 18.0 Å². The molecule has 0 aliphatic carbocycles. The SMILES string of the molecule is Cc1cc(-c2c(F)cc(N3C[C@@H](C)O[C@@H](C)C3)cc2C#N)cc(C)n1. The molecule has 1 fully saturated rings. The molecule has 3 rings (SSSR count). The molecule has 1 saturated heterocycles. The molecule has 2 heterocycles. The molecule has 2 atom stereocenters. The summed E-state index contributed by atoms with van der Waals surface area (Å²) in [7, 11) is 0. The van der Waals surface area contributed by atoms with Gasteiger partial charge in [-0.1, -0.05) is 0 Å². The van der Waals surface area contributed by atoms with Gasteiger partial charge in [0.25, 0.3) is 0 Å². The highest BCUT2D eigenvalue weighted by Crippen LogP contribution is 2.32. The molecule has 4 nitrogen and oxygen atoms in total. The number of hydrogen-bond acceptors (Lipinski definition) is 4. The third-order valence-electron chi connectivity index (χ3n) is 4.35. The second-order valence-electron chi connectivity index (χ2n) is 6.76. The number of ether oxygens (including phenoxy) is 1. The molecule has 1 aliphatic heterocycles. The van der Waals surface area contributed by atoms with Gasteiger partial charge in [0.1, 0.15) is 5.82 Å². The number of rotatable bonds is 2. The minimum atomic E-state index is -0.383. The van der Waals surface area contributed by atoms with Crippen molar-refractivity contribution in [3.05, 3.63) is 47.0 Å². The average molecular weight is 339 g/mol. The summed E-state index contributed by atoms with van der Waals surface area (Å²) in [6.45, 7) is 9.10. The lowest BCUT2D eigenvalue weighted by molar-refractivity contribution is -0.00523. The highest BCUT2D eigenvalue weighted by atomic mass is 19.1. The summed E-state index contributed by atoms with van der Waals surface area (Å²) in [6.07, 6.45) is 0.144. The van der Waals surface area contributed by atoms with Crippen molar-refractivity contribution in [3.8, 4) is 17.2 Å². The fraction of sp³-hybridized carbons (Fsp3) is 0.400. The fourth-order valence-corrected chi connectivity index (χ4v) is 3.52. The minimum absolute atomic E-state index is 0.0718. The predicted octanol–water partition coefficient (Wildman–Crippen LogP) is 3.99. The molecular weight excluding hydrogens is 317 g/mol. The highest BCUT2D eigenvalue weighted by molar-refractivity contribution is 5.75. The van der Waals surface area contributed by atoms with Gasteiger partial charge in [-0.15, -0.1) is 0 Å². The van der Waals surface area contributed by atoms with Crippen LogP contribution in [0.25, 0.3) is 11.1 Å². The number of morpholine rings is 1. The Morgan fingerprint density at radius 2 is 1.72 bits per heavy atom. The first kappa shape index (κ1) is 17.4. The predicted molar refractivity (Wildman–Crippen MR) is 96.0 cm³/mol. The van der Waals surface area contributed by atoms with Crippen molar-refractivity contribution >= 4 is 5.69 Å². The Labute approximate surface area is 147 Å². The van der Waals surface area contributed by atoms with Crippen LogP contribution in [0.2, 0.25) is 0 Å². The summed E-state index contributed by atoms with van der Waals surface area (Å²) in [5.41, 5.74) is 3.70. The van der Waals surface area contributed by atoms with E-state index in [0.717, 1.165) is 17.1 Å². The zero-order valence-electron chi connectivity index (χ0n) is 15.0. The Balaban J connectivity index is 2.06. The van der Waals surface area contributed by atoms with Crippen molar-refractivity contribution < 1.29 is 9.13 Å². The third-order valence-corrected chi connectivity index (χ3v) is 4.35. The number of pyridine rings is 1. The quantitative estimate of drug-likeness (QED) is 0.830. The van der Waals surface area contributed by atoms with Gasteiger partial charge in [-0.2, -0.15) is 5.26 Å². The molecule has 0 bridgehead atoms. The van der Waals surface area contributed by atoms with Crippen LogP contribution in [0, 0.1) is 31.0 Å². The van der Waals surface area contributed by atoms with E-state index in [1.54, 1.807) is 6.07 Å². The summed E-state index contributed by atoms with van der Waals surface area (Å²) in [4.78, 5) is 6.40. The molecule has 0 radical (unpaired) electrons. The van der Waals surface area contributed by atoms with Crippen LogP contribution in [0.4, 0.5) is 10.1 Å². The van der Waals surface area contributed by atoms with E-state index < -0.39 is 0 Å². The number of nitrogens with zero attached hydrogens (tertiary/aromatic N) is 3. The molecule has 0 spiro atoms. The van der Waals surface area contributed by atoms with E-state index in [2.05, 4.69) is 16.0 Å². The Morgan fingerprint density at radius 1 is 1.12 bits per heavy atom. The normalized spacial score (nSPS) is 20.4. The maximum atomic E-state index is 15.0. The van der Waals surface area contributed by atoms with E-state index in [1.165, 1.54) is 6.07 Å². The maximum absolute atomic E-state index is 15.0. The minimum Gasteiger partial charge on any atom is -0.372 e. The molecule has 25 heavy (non-hydrogen) atoms. The number of anilines is 1. The summed E-state index contributed by atoms with van der Waals surface area (Å²) >= 11 is 0. The molecular formula is C20H22FN3O. The van der Waals surface area contributed by atoms with Crippen molar-refractivity contribution in [1.82, 2.24) is 4.98 Å². The van der Waals surface area contributed by atoms with Gasteiger partial charge in [-0.25, -0.2) is 4.39 Å². The Bertz CT molecular complexity index is 813. The highest BCUT2D eigenvalue weighted by Gasteiger charge is 2.24. The Kier molecular flexibility index (Phi) is 4.73. The van der Waals surface area contributed by atoms with Crippen molar-refractivity contribution in [3.63, 3.8) is 0 Å². The lowest BCUT2D eigenvalue weighted by Crippen LogP contribution is -2.45. The zero-order chi connectivity index (χ0) is 18.1. The number of hydrogen-bond donors (Lipinski definition) is 0. The molecule has 2 aromatic rings. The standard InChI is InChI=1S/C20H22FN3O/c1-12-5-16(6-13(2)23-12)20-17(9-22)7-18(8-19(20)21)24-10-14(3)25-15(4)11-24/h5-8,14-15H,10-11H2,1-4H3/t14-,15+. The molecule has 0 saturated carbocycles. The van der Waals surface area contributed by atoms with Crippen LogP contribution >= 0.6 is 0 Å². The lowest BCUT2D eigenvalue weighted by atomic mass is 9.98. The van der Waals surface area contributed by atoms with Crippen LogP contribution in [0.5, 0.6) is 0 Å². The van der Waals surface area contributed by atoms with Crippen LogP contribution in [0.3, 0.4) is 0 Å². The number of benzene rings is 1. The summed E-state index contributed by atoms with van der Waals surface area (Å²) in [5.74, 6) is -0.383. The van der Waals surface area contributed by atoms with Gasteiger partial charge in [0.05, 0.1) is 23.8 Å². The monoisotopic (exact) mass is 339 g/mol. The van der Waals surface area contributed by atoms with E-state index in [0.29, 0.717) is 29.8 Å². The first-order valence-electron chi connectivity index (χ1n) is 8.47. The van der Waals surface area contributed by atoms with E-state index in [4.69, 9.17) is 4.74 Å². The van der Waals surface area contributed by atoms with Crippen molar-refractivity contribution in [2.24, 2.45) is 0 Å². The Morgan fingerprint density at radius 3 is 2.28 bits per heavy atom. The second kappa shape index (κ2) is 6.81. The van der Waals surface area contributed by atoms with Crippen molar-refractivity contribution in [2.45, 2.75) is 39.9 Å². The molecule has 5 heteroatoms. The van der Waals surface area contributed by atoms with E-state index >= 15 is 0 Å². The number of aryl methyl sites for hydroxylation is 2. The summed E-state index contributed by atoms with van der Waals surface area (Å²) in [6, 6.07) is 9.07. The molecule has 0 unspecified atom stereocenters. The molecule has 130 valence electrons. The van der Waals surface area contributed by atoms with Crippen LogP contribution in [0.1, 0.15) is 30.8 Å². The van der Waals surface area contributed by atoms with E-state index in [1.807, 2.05) is 39.8 Å². The molecule has 1 aromatic heterocycles. The first-order valence-corrected chi connectivity index (χ1v) is 8.47. The van der Waals surface area contributed by atoms with Gasteiger partial charge in [0, 0.05) is 35.7 Å². The van der Waals surface area contributed by atoms with Crippen LogP contribution in [0.15, 0.2) is 24.3 Å². The topological polar surface area (TPSA) is 49.1 Å². The Hall–Kier alpha value is -2.45. The van der Waals surface area contributed by atoms with Gasteiger partial charge in [0.15, 0.2) is 0 Å². The fourth-order valence-electron chi connectivity index (χ4n) is 3.52. The molecule has 0 N–H and O–H groups in total. The van der Waals surface area contributed by atoms with Gasteiger partial charge in [0.2, 0.25) is 0 Å². The smallest absolute Gasteiger partial charge is 0.134 e. The molecule has 1 aliphatic rings. The van der Waals surface area contributed by atoms with Gasteiger partial charge in [-0.05, 0) is 57.5 Å². The van der Waals surface area contributed by atoms with Crippen LogP contribution in [-0.2, 0) is 4.74 Å². The lowest BCUT2D eigenvalue weighted by Gasteiger charge is -2.37. The number of nitriles is 1. The summed E-state index contributed by atoms with van der Waals surface area (Å²) < 4.78 is 20.7. The van der Waals surface area contributed by atoms with E-state index in [9.17, 15) is 9.65 Å². The molecule has 0 amide bonds. The second-order valence-corrected chi connectivity index (χ2v) is 6.76. The van der Waals surface area contributed by atoms with Crippen molar-refractivity contribution in [2.75, 3.05) is 18.0 Å². The number of aromatic nitrogens is 1. The largest absolute Gasteiger partial charge is 0.372 e. The van der Waals surface area contributed by atoms with Crippen molar-refractivity contribution in [1.29, 1.82) is 5.26 Å². The van der Waals surface area contributed by atoms with Crippen LogP contribution < -0.4 is 4.90 Å². The van der Waals surface area contributed by atoms with Gasteiger partial charge < -0.3 is 9.64 Å². The third kappa shape index (κ3) is 3.64. The average Bonchev–Trinajstić information content (AvgIpc) is 2.52.